The van der Waals surface area contributed by atoms with Crippen molar-refractivity contribution in [3.8, 4) is 0 Å². The molecule has 2 amide bonds. The molecule has 0 unspecified atom stereocenters. The van der Waals surface area contributed by atoms with Crippen molar-refractivity contribution in [1.82, 2.24) is 9.21 Å². The summed E-state index contributed by atoms with van der Waals surface area (Å²) < 4.78 is 33.4. The number of carbonyl (C=O) groups excluding carboxylic acids is 2. The molecule has 186 valence electrons. The van der Waals surface area contributed by atoms with Gasteiger partial charge in [-0.2, -0.15) is 4.31 Å². The van der Waals surface area contributed by atoms with E-state index in [1.807, 2.05) is 48.5 Å². The Kier molecular flexibility index (Phi) is 6.94. The maximum absolute atomic E-state index is 13.8. The lowest BCUT2D eigenvalue weighted by Gasteiger charge is -2.31. The number of ether oxygens (including phenoxy) is 1. The third-order valence-electron chi connectivity index (χ3n) is 6.29. The molecule has 1 fully saturated rings. The fourth-order valence-corrected chi connectivity index (χ4v) is 6.32. The van der Waals surface area contributed by atoms with Crippen LogP contribution in [0.4, 0.5) is 5.69 Å². The summed E-state index contributed by atoms with van der Waals surface area (Å²) in [4.78, 5) is 28.2. The topological polar surface area (TPSA) is 96.0 Å². The second-order valence-electron chi connectivity index (χ2n) is 8.57. The summed E-state index contributed by atoms with van der Waals surface area (Å²) in [6.45, 7) is 1.13. The minimum Gasteiger partial charge on any atom is -0.379 e. The van der Waals surface area contributed by atoms with E-state index < -0.39 is 16.1 Å². The molecule has 2 heterocycles. The van der Waals surface area contributed by atoms with Crippen molar-refractivity contribution in [2.24, 2.45) is 0 Å². The van der Waals surface area contributed by atoms with Crippen molar-refractivity contribution in [2.75, 3.05) is 38.2 Å². The first-order valence-electron chi connectivity index (χ1n) is 11.5. The molecule has 0 bridgehead atoms. The number of benzene rings is 3. The van der Waals surface area contributed by atoms with Crippen LogP contribution in [0.5, 0.6) is 0 Å². The van der Waals surface area contributed by atoms with Crippen LogP contribution in [0, 0.1) is 0 Å². The summed E-state index contributed by atoms with van der Waals surface area (Å²) in [7, 11) is -3.68. The molecule has 1 N–H and O–H groups in total. The van der Waals surface area contributed by atoms with Crippen LogP contribution in [0.2, 0.25) is 0 Å². The van der Waals surface area contributed by atoms with E-state index >= 15 is 0 Å². The lowest BCUT2D eigenvalue weighted by Crippen LogP contribution is -2.40. The normalized spacial score (nSPS) is 18.8. The van der Waals surface area contributed by atoms with E-state index in [2.05, 4.69) is 21.2 Å². The number of sulfonamides is 1. The van der Waals surface area contributed by atoms with Crippen molar-refractivity contribution in [2.45, 2.75) is 10.9 Å². The van der Waals surface area contributed by atoms with Gasteiger partial charge in [-0.25, -0.2) is 8.42 Å². The summed E-state index contributed by atoms with van der Waals surface area (Å²) in [5.41, 5.74) is 2.57. The van der Waals surface area contributed by atoms with Gasteiger partial charge in [-0.15, -0.1) is 0 Å². The largest absolute Gasteiger partial charge is 0.379 e. The summed E-state index contributed by atoms with van der Waals surface area (Å²) in [6, 6.07) is 20.4. The van der Waals surface area contributed by atoms with Crippen molar-refractivity contribution in [3.63, 3.8) is 0 Å². The number of fused-ring (bicyclic) bond motifs is 1. The Labute approximate surface area is 218 Å². The molecule has 8 nitrogen and oxygen atoms in total. The van der Waals surface area contributed by atoms with Gasteiger partial charge in [0.2, 0.25) is 15.9 Å². The van der Waals surface area contributed by atoms with Gasteiger partial charge in [0.15, 0.2) is 0 Å². The number of hydrogen-bond donors (Lipinski definition) is 1. The van der Waals surface area contributed by atoms with Crippen molar-refractivity contribution < 1.29 is 22.7 Å². The fourth-order valence-electron chi connectivity index (χ4n) is 4.53. The van der Waals surface area contributed by atoms with Crippen LogP contribution in [0.1, 0.15) is 27.5 Å². The predicted molar refractivity (Wildman–Crippen MR) is 138 cm³/mol. The zero-order valence-electron chi connectivity index (χ0n) is 19.3. The highest BCUT2D eigenvalue weighted by Crippen LogP contribution is 2.38. The van der Waals surface area contributed by atoms with Crippen molar-refractivity contribution in [3.05, 3.63) is 94.0 Å². The van der Waals surface area contributed by atoms with Gasteiger partial charge in [-0.1, -0.05) is 46.3 Å². The highest BCUT2D eigenvalue weighted by molar-refractivity contribution is 9.10. The first-order chi connectivity index (χ1) is 17.3. The zero-order chi connectivity index (χ0) is 25.3. The summed E-state index contributed by atoms with van der Waals surface area (Å²) in [6.07, 6.45) is 0. The number of hydrogen-bond acceptors (Lipinski definition) is 5. The number of halogens is 1. The molecule has 0 spiro atoms. The Hall–Kier alpha value is -3.05. The summed E-state index contributed by atoms with van der Waals surface area (Å²) >= 11 is 3.51. The van der Waals surface area contributed by atoms with Gasteiger partial charge in [0.25, 0.3) is 5.91 Å². The Morgan fingerprint density at radius 1 is 0.972 bits per heavy atom. The number of nitrogens with one attached hydrogen (secondary N) is 1. The molecule has 2 aliphatic rings. The average molecular weight is 570 g/mol. The van der Waals surface area contributed by atoms with Crippen LogP contribution < -0.4 is 5.32 Å². The molecule has 0 aliphatic carbocycles. The molecule has 1 saturated heterocycles. The van der Waals surface area contributed by atoms with Gasteiger partial charge in [0, 0.05) is 34.4 Å². The highest BCUT2D eigenvalue weighted by Gasteiger charge is 2.34. The maximum atomic E-state index is 13.8. The molecular weight excluding hydrogens is 546 g/mol. The minimum atomic E-state index is -3.68. The van der Waals surface area contributed by atoms with Crippen molar-refractivity contribution in [1.29, 1.82) is 0 Å². The van der Waals surface area contributed by atoms with Gasteiger partial charge >= 0.3 is 0 Å². The lowest BCUT2D eigenvalue weighted by molar-refractivity contribution is -0.117. The summed E-state index contributed by atoms with van der Waals surface area (Å²) in [5.74, 6) is -0.681. The minimum absolute atomic E-state index is 0.114. The smallest absolute Gasteiger partial charge is 0.255 e. The zero-order valence-corrected chi connectivity index (χ0v) is 21.7. The van der Waals surface area contributed by atoms with E-state index in [1.54, 1.807) is 0 Å². The third-order valence-corrected chi connectivity index (χ3v) is 8.70. The molecule has 10 heteroatoms. The maximum Gasteiger partial charge on any atom is 0.255 e. The van der Waals surface area contributed by atoms with Gasteiger partial charge in [-0.3, -0.25) is 9.59 Å². The van der Waals surface area contributed by atoms with E-state index in [4.69, 9.17) is 4.74 Å². The van der Waals surface area contributed by atoms with Crippen LogP contribution >= 0.6 is 15.9 Å². The second-order valence-corrected chi connectivity index (χ2v) is 11.4. The fraction of sp³-hybridized carbons (Fsp3) is 0.231. The van der Waals surface area contributed by atoms with Crippen molar-refractivity contribution >= 4 is 43.5 Å². The van der Waals surface area contributed by atoms with E-state index in [0.29, 0.717) is 37.6 Å². The Morgan fingerprint density at radius 3 is 2.36 bits per heavy atom. The second kappa shape index (κ2) is 10.1. The molecule has 5 rings (SSSR count). The number of anilines is 1. The van der Waals surface area contributed by atoms with Crippen LogP contribution in [0.3, 0.4) is 0 Å². The van der Waals surface area contributed by atoms with Crippen LogP contribution in [-0.4, -0.2) is 62.3 Å². The van der Waals surface area contributed by atoms with Crippen LogP contribution in [-0.2, 0) is 19.6 Å². The number of nitrogens with zero attached hydrogens (tertiary/aromatic N) is 2. The molecule has 0 radical (unpaired) electrons. The molecule has 2 aliphatic heterocycles. The molecule has 1 atom stereocenters. The molecule has 3 aromatic carbocycles. The molecule has 0 saturated carbocycles. The quantitative estimate of drug-likeness (QED) is 0.517. The molecule has 3 aromatic rings. The van der Waals surface area contributed by atoms with Gasteiger partial charge in [0.05, 0.1) is 24.2 Å². The number of rotatable bonds is 4. The average Bonchev–Trinajstić information content (AvgIpc) is 3.05. The van der Waals surface area contributed by atoms with E-state index in [0.717, 1.165) is 15.6 Å². The Morgan fingerprint density at radius 2 is 1.67 bits per heavy atom. The monoisotopic (exact) mass is 569 g/mol. The SMILES string of the molecule is O=C1CN(C(=O)c2ccc(S(=O)(=O)N3CCOCC3)cc2)[C@H](c2ccccc2)c2cc(Br)ccc2N1. The molecular formula is C26H24BrN3O5S. The predicted octanol–water partition coefficient (Wildman–Crippen LogP) is 3.65. The number of carbonyl (C=O) groups is 2. The van der Waals surface area contributed by atoms with E-state index in [-0.39, 0.29) is 23.3 Å². The number of morpholine rings is 1. The van der Waals surface area contributed by atoms with E-state index in [1.165, 1.54) is 33.5 Å². The number of amides is 2. The van der Waals surface area contributed by atoms with Gasteiger partial charge in [0.1, 0.15) is 6.54 Å². The van der Waals surface area contributed by atoms with Crippen LogP contribution in [0.15, 0.2) is 82.2 Å². The van der Waals surface area contributed by atoms with Crippen LogP contribution in [0.25, 0.3) is 0 Å². The Balaban J connectivity index is 1.52. The highest BCUT2D eigenvalue weighted by atomic mass is 79.9. The first kappa shape index (κ1) is 24.6. The first-order valence-corrected chi connectivity index (χ1v) is 13.7. The van der Waals surface area contributed by atoms with Gasteiger partial charge < -0.3 is 15.0 Å². The third kappa shape index (κ3) is 4.81. The summed E-state index contributed by atoms with van der Waals surface area (Å²) in [5, 5.41) is 2.90. The molecule has 36 heavy (non-hydrogen) atoms. The van der Waals surface area contributed by atoms with E-state index in [9.17, 15) is 18.0 Å². The molecule has 0 aromatic heterocycles. The Bertz CT molecular complexity index is 1390. The standard InChI is InChI=1S/C26H24BrN3O5S/c27-20-8-11-23-22(16-20)25(18-4-2-1-3-5-18)30(17-24(31)28-23)26(32)19-6-9-21(10-7-19)36(33,34)29-12-14-35-15-13-29/h1-11,16,25H,12-15,17H2,(H,28,31)/t25-/m1/s1. The lowest BCUT2D eigenvalue weighted by atomic mass is 9.95. The van der Waals surface area contributed by atoms with Gasteiger partial charge in [-0.05, 0) is 48.0 Å².